The quantitative estimate of drug-likeness (QED) is 0.397. The number of nitro groups is 1. The van der Waals surface area contributed by atoms with Crippen LogP contribution in [0.3, 0.4) is 0 Å². The number of nitrogens with one attached hydrogen (secondary N) is 2. The summed E-state index contributed by atoms with van der Waals surface area (Å²) < 4.78 is 38.3. The summed E-state index contributed by atoms with van der Waals surface area (Å²) in [5, 5.41) is 16.7. The van der Waals surface area contributed by atoms with E-state index in [0.717, 1.165) is 17.5 Å². The first-order valence-corrected chi connectivity index (χ1v) is 8.78. The lowest BCUT2D eigenvalue weighted by Crippen LogP contribution is -2.09. The summed E-state index contributed by atoms with van der Waals surface area (Å²) in [6, 6.07) is 6.07. The van der Waals surface area contributed by atoms with Crippen molar-refractivity contribution >= 4 is 40.4 Å². The Morgan fingerprint density at radius 2 is 1.73 bits per heavy atom. The van der Waals surface area contributed by atoms with E-state index in [2.05, 4.69) is 25.6 Å². The zero-order chi connectivity index (χ0) is 22.1. The van der Waals surface area contributed by atoms with Crippen molar-refractivity contribution in [1.82, 2.24) is 15.0 Å². The summed E-state index contributed by atoms with van der Waals surface area (Å²) in [5.41, 5.74) is 0.875. The van der Waals surface area contributed by atoms with Gasteiger partial charge in [0.2, 0.25) is 11.6 Å². The van der Waals surface area contributed by atoms with Gasteiger partial charge >= 0.3 is 11.9 Å². The van der Waals surface area contributed by atoms with Crippen LogP contribution in [0.4, 0.5) is 42.0 Å². The van der Waals surface area contributed by atoms with E-state index in [1.807, 2.05) is 19.9 Å². The first-order valence-electron chi connectivity index (χ1n) is 8.40. The largest absolute Gasteiger partial charge is 0.417 e. The van der Waals surface area contributed by atoms with Crippen molar-refractivity contribution in [2.45, 2.75) is 20.0 Å². The maximum Gasteiger partial charge on any atom is 0.417 e. The van der Waals surface area contributed by atoms with Gasteiger partial charge in [-0.3, -0.25) is 10.1 Å². The molecule has 12 heteroatoms. The molecule has 156 valence electrons. The molecule has 2 heterocycles. The average molecular weight is 439 g/mol. The summed E-state index contributed by atoms with van der Waals surface area (Å²) in [5.74, 6) is -0.602. The number of nitrogens with zero attached hydrogens (tertiary/aromatic N) is 4. The standard InChI is InChI=1S/C18H14ClF3N6O2/c1-9-4-3-5-13(10(9)2)26-16-14(28(29)30)17(25-8-24-16)27-15-12(19)6-11(7-23-15)18(20,21)22/h3-8H,1-2H3,(H2,23,24,25,26,27). The van der Waals surface area contributed by atoms with Gasteiger partial charge < -0.3 is 10.6 Å². The van der Waals surface area contributed by atoms with E-state index in [9.17, 15) is 23.3 Å². The normalized spacial score (nSPS) is 11.3. The molecule has 0 unspecified atom stereocenters. The molecule has 0 spiro atoms. The summed E-state index contributed by atoms with van der Waals surface area (Å²) in [6.07, 6.45) is -2.99. The molecule has 0 atom stereocenters. The lowest BCUT2D eigenvalue weighted by atomic mass is 10.1. The van der Waals surface area contributed by atoms with Crippen LogP contribution >= 0.6 is 11.6 Å². The van der Waals surface area contributed by atoms with E-state index < -0.39 is 22.4 Å². The maximum atomic E-state index is 12.8. The van der Waals surface area contributed by atoms with Crippen LogP contribution in [0.15, 0.2) is 36.8 Å². The van der Waals surface area contributed by atoms with E-state index in [4.69, 9.17) is 11.6 Å². The Kier molecular flexibility index (Phi) is 5.74. The highest BCUT2D eigenvalue weighted by molar-refractivity contribution is 6.33. The molecule has 0 amide bonds. The summed E-state index contributed by atoms with van der Waals surface area (Å²) in [6.45, 7) is 3.73. The number of alkyl halides is 3. The molecule has 3 aromatic rings. The van der Waals surface area contributed by atoms with Crippen molar-refractivity contribution in [2.75, 3.05) is 10.6 Å². The monoisotopic (exact) mass is 438 g/mol. The van der Waals surface area contributed by atoms with E-state index >= 15 is 0 Å². The van der Waals surface area contributed by atoms with Gasteiger partial charge in [0.05, 0.1) is 15.5 Å². The van der Waals surface area contributed by atoms with E-state index in [0.29, 0.717) is 18.0 Å². The summed E-state index contributed by atoms with van der Waals surface area (Å²) in [4.78, 5) is 22.3. The fraction of sp³-hybridized carbons (Fsp3) is 0.167. The first kappa shape index (κ1) is 21.2. The lowest BCUT2D eigenvalue weighted by Gasteiger charge is -2.13. The molecule has 1 aromatic carbocycles. The van der Waals surface area contributed by atoms with E-state index in [-0.39, 0.29) is 22.5 Å². The van der Waals surface area contributed by atoms with Crippen molar-refractivity contribution < 1.29 is 18.1 Å². The molecular formula is C18H14ClF3N6O2. The minimum Gasteiger partial charge on any atom is -0.334 e. The molecule has 0 fully saturated rings. The molecule has 2 aromatic heterocycles. The van der Waals surface area contributed by atoms with E-state index in [1.54, 1.807) is 12.1 Å². The molecule has 3 rings (SSSR count). The Labute approximate surface area is 173 Å². The van der Waals surface area contributed by atoms with Gasteiger partial charge in [-0.15, -0.1) is 0 Å². The summed E-state index contributed by atoms with van der Waals surface area (Å²) >= 11 is 5.87. The van der Waals surface area contributed by atoms with Crippen LogP contribution < -0.4 is 10.6 Å². The zero-order valence-electron chi connectivity index (χ0n) is 15.6. The van der Waals surface area contributed by atoms with Gasteiger partial charge in [-0.2, -0.15) is 13.2 Å². The molecule has 0 bridgehead atoms. The molecule has 30 heavy (non-hydrogen) atoms. The first-order chi connectivity index (χ1) is 14.1. The molecule has 2 N–H and O–H groups in total. The predicted octanol–water partition coefficient (Wildman–Crippen LogP) is 5.56. The van der Waals surface area contributed by atoms with Crippen molar-refractivity contribution in [3.05, 3.63) is 68.6 Å². The molecule has 0 aliphatic rings. The van der Waals surface area contributed by atoms with Gasteiger partial charge in [-0.1, -0.05) is 23.7 Å². The third-order valence-corrected chi connectivity index (χ3v) is 4.56. The van der Waals surface area contributed by atoms with Gasteiger partial charge in [-0.05, 0) is 37.1 Å². The van der Waals surface area contributed by atoms with Crippen LogP contribution in [0.5, 0.6) is 0 Å². The smallest absolute Gasteiger partial charge is 0.334 e. The Morgan fingerprint density at radius 3 is 2.33 bits per heavy atom. The topological polar surface area (TPSA) is 106 Å². The SMILES string of the molecule is Cc1cccc(Nc2ncnc(Nc3ncc(C(F)(F)F)cc3Cl)c2[N+](=O)[O-])c1C. The van der Waals surface area contributed by atoms with Crippen molar-refractivity contribution in [1.29, 1.82) is 0 Å². The van der Waals surface area contributed by atoms with Crippen LogP contribution in [0, 0.1) is 24.0 Å². The lowest BCUT2D eigenvalue weighted by molar-refractivity contribution is -0.383. The maximum absolute atomic E-state index is 12.8. The van der Waals surface area contributed by atoms with Crippen LogP contribution in [-0.4, -0.2) is 19.9 Å². The minimum atomic E-state index is -4.63. The Bertz CT molecular complexity index is 1120. The Morgan fingerprint density at radius 1 is 1.07 bits per heavy atom. The van der Waals surface area contributed by atoms with Crippen molar-refractivity contribution in [3.8, 4) is 0 Å². The molecule has 0 radical (unpaired) electrons. The number of aromatic nitrogens is 3. The minimum absolute atomic E-state index is 0.103. The zero-order valence-corrected chi connectivity index (χ0v) is 16.3. The number of rotatable bonds is 5. The number of aryl methyl sites for hydroxylation is 1. The molecule has 0 saturated heterocycles. The highest BCUT2D eigenvalue weighted by Crippen LogP contribution is 2.36. The molecule has 0 aliphatic heterocycles. The highest BCUT2D eigenvalue weighted by atomic mass is 35.5. The van der Waals surface area contributed by atoms with Crippen LogP contribution in [0.1, 0.15) is 16.7 Å². The van der Waals surface area contributed by atoms with Gasteiger partial charge in [0.1, 0.15) is 6.33 Å². The molecule has 0 aliphatic carbocycles. The molecule has 8 nitrogen and oxygen atoms in total. The highest BCUT2D eigenvalue weighted by Gasteiger charge is 2.32. The predicted molar refractivity (Wildman–Crippen MR) is 105 cm³/mol. The third-order valence-electron chi connectivity index (χ3n) is 4.27. The van der Waals surface area contributed by atoms with Crippen molar-refractivity contribution in [2.24, 2.45) is 0 Å². The number of pyridine rings is 1. The van der Waals surface area contributed by atoms with Gasteiger partial charge in [0, 0.05) is 11.9 Å². The Hall–Kier alpha value is -3.47. The van der Waals surface area contributed by atoms with Crippen LogP contribution in [0.25, 0.3) is 0 Å². The summed E-state index contributed by atoms with van der Waals surface area (Å²) in [7, 11) is 0. The van der Waals surface area contributed by atoms with Gasteiger partial charge in [-0.25, -0.2) is 15.0 Å². The number of benzene rings is 1. The Balaban J connectivity index is 2.00. The third kappa shape index (κ3) is 4.40. The number of hydrogen-bond donors (Lipinski definition) is 2. The fourth-order valence-electron chi connectivity index (χ4n) is 2.55. The second-order valence-corrected chi connectivity index (χ2v) is 6.63. The van der Waals surface area contributed by atoms with Crippen molar-refractivity contribution in [3.63, 3.8) is 0 Å². The van der Waals surface area contributed by atoms with E-state index in [1.165, 1.54) is 0 Å². The fourth-order valence-corrected chi connectivity index (χ4v) is 2.76. The number of hydrogen-bond acceptors (Lipinski definition) is 7. The molecule has 0 saturated carbocycles. The second-order valence-electron chi connectivity index (χ2n) is 6.23. The van der Waals surface area contributed by atoms with Gasteiger partial charge in [0.25, 0.3) is 0 Å². The number of halogens is 4. The average Bonchev–Trinajstić information content (AvgIpc) is 2.66. The second kappa shape index (κ2) is 8.11. The van der Waals surface area contributed by atoms with Crippen LogP contribution in [-0.2, 0) is 6.18 Å². The number of anilines is 4. The van der Waals surface area contributed by atoms with Crippen LogP contribution in [0.2, 0.25) is 5.02 Å². The molecular weight excluding hydrogens is 425 g/mol. The van der Waals surface area contributed by atoms with Gasteiger partial charge in [0.15, 0.2) is 5.82 Å².